The van der Waals surface area contributed by atoms with Crippen LogP contribution in [0.2, 0.25) is 0 Å². The summed E-state index contributed by atoms with van der Waals surface area (Å²) in [6, 6.07) is 7.50. The first-order valence-corrected chi connectivity index (χ1v) is 10.9. The highest BCUT2D eigenvalue weighted by atomic mass is 16.5. The number of pyridine rings is 2. The third-order valence-corrected chi connectivity index (χ3v) is 5.86. The van der Waals surface area contributed by atoms with Crippen LogP contribution in [0.1, 0.15) is 27.4 Å². The Hall–Kier alpha value is -4.21. The molecule has 0 saturated carbocycles. The van der Waals surface area contributed by atoms with Crippen LogP contribution in [-0.4, -0.2) is 49.7 Å². The van der Waals surface area contributed by atoms with E-state index in [0.29, 0.717) is 48.2 Å². The number of ether oxygens (including phenoxy) is 2. The average Bonchev–Trinajstić information content (AvgIpc) is 3.53. The summed E-state index contributed by atoms with van der Waals surface area (Å²) in [6.07, 6.45) is 5.27. The van der Waals surface area contributed by atoms with E-state index in [4.69, 9.17) is 14.5 Å². The molecule has 0 unspecified atom stereocenters. The molecule has 0 N–H and O–H groups in total. The van der Waals surface area contributed by atoms with Crippen molar-refractivity contribution in [1.82, 2.24) is 29.5 Å². The summed E-state index contributed by atoms with van der Waals surface area (Å²) in [7, 11) is 3.10. The molecule has 34 heavy (non-hydrogen) atoms. The van der Waals surface area contributed by atoms with Gasteiger partial charge >= 0.3 is 0 Å². The van der Waals surface area contributed by atoms with Crippen molar-refractivity contribution in [3.8, 4) is 22.9 Å². The van der Waals surface area contributed by atoms with Gasteiger partial charge in [-0.15, -0.1) is 0 Å². The number of hydrogen-bond acceptors (Lipinski definition) is 7. The molecule has 174 valence electrons. The number of fused-ring (bicyclic) bond motifs is 1. The quantitative estimate of drug-likeness (QED) is 0.419. The normalized spacial score (nSPS) is 12.8. The van der Waals surface area contributed by atoms with Crippen LogP contribution in [0.5, 0.6) is 11.6 Å². The van der Waals surface area contributed by atoms with Crippen molar-refractivity contribution in [3.05, 3.63) is 65.5 Å². The second-order valence-corrected chi connectivity index (χ2v) is 8.13. The molecule has 0 spiro atoms. The monoisotopic (exact) mass is 459 g/mol. The Morgan fingerprint density at radius 1 is 1.06 bits per heavy atom. The van der Waals surface area contributed by atoms with Crippen LogP contribution in [0.25, 0.3) is 11.3 Å². The molecule has 10 heteroatoms. The molecule has 0 saturated heterocycles. The van der Waals surface area contributed by atoms with Gasteiger partial charge in [0.1, 0.15) is 0 Å². The number of amides is 1. The molecule has 10 nitrogen and oxygen atoms in total. The molecule has 1 amide bonds. The summed E-state index contributed by atoms with van der Waals surface area (Å²) < 4.78 is 14.3. The van der Waals surface area contributed by atoms with Crippen LogP contribution < -0.4 is 14.4 Å². The van der Waals surface area contributed by atoms with Gasteiger partial charge in [0.15, 0.2) is 5.75 Å². The van der Waals surface area contributed by atoms with E-state index in [0.717, 1.165) is 22.6 Å². The summed E-state index contributed by atoms with van der Waals surface area (Å²) in [5.74, 6) is 0.842. The maximum Gasteiger partial charge on any atom is 0.260 e. The highest BCUT2D eigenvalue weighted by Gasteiger charge is 2.31. The van der Waals surface area contributed by atoms with E-state index in [1.54, 1.807) is 31.5 Å². The zero-order chi connectivity index (χ0) is 23.8. The Bertz CT molecular complexity index is 1370. The standard InChI is InChI=1S/C24H25N7O3/c1-15-9-16(2)31(28-15)8-7-29-13-18(12-26-29)30-14-21-19(24(30)32)5-6-20(27-21)17-10-22(33-3)23(34-4)25-11-17/h5-6,9-13H,7-8,14H2,1-4H3. The number of nitrogens with zero attached hydrogens (tertiary/aromatic N) is 7. The third kappa shape index (κ3) is 3.87. The highest BCUT2D eigenvalue weighted by molar-refractivity contribution is 6.09. The largest absolute Gasteiger partial charge is 0.491 e. The van der Waals surface area contributed by atoms with Crippen molar-refractivity contribution in [1.29, 1.82) is 0 Å². The Labute approximate surface area is 196 Å². The maximum absolute atomic E-state index is 13.1. The van der Waals surface area contributed by atoms with E-state index in [9.17, 15) is 4.79 Å². The number of carbonyl (C=O) groups excluding carboxylic acids is 1. The fourth-order valence-corrected chi connectivity index (χ4v) is 4.14. The van der Waals surface area contributed by atoms with Crippen molar-refractivity contribution in [3.63, 3.8) is 0 Å². The molecule has 0 bridgehead atoms. The van der Waals surface area contributed by atoms with Crippen LogP contribution in [0, 0.1) is 13.8 Å². The van der Waals surface area contributed by atoms with Gasteiger partial charge in [0.2, 0.25) is 0 Å². The number of aryl methyl sites for hydroxylation is 4. The summed E-state index contributed by atoms with van der Waals surface area (Å²) in [6.45, 7) is 5.76. The molecule has 5 heterocycles. The van der Waals surface area contributed by atoms with Gasteiger partial charge in [0.05, 0.1) is 68.4 Å². The third-order valence-electron chi connectivity index (χ3n) is 5.86. The molecule has 1 aliphatic rings. The summed E-state index contributed by atoms with van der Waals surface area (Å²) in [4.78, 5) is 23.8. The first kappa shape index (κ1) is 21.6. The Morgan fingerprint density at radius 2 is 1.91 bits per heavy atom. The number of aromatic nitrogens is 6. The van der Waals surface area contributed by atoms with Gasteiger partial charge in [-0.1, -0.05) is 0 Å². The second kappa shape index (κ2) is 8.62. The van der Waals surface area contributed by atoms with Gasteiger partial charge in [-0.2, -0.15) is 10.2 Å². The van der Waals surface area contributed by atoms with Crippen molar-refractivity contribution < 1.29 is 14.3 Å². The number of methoxy groups -OCH3 is 2. The highest BCUT2D eigenvalue weighted by Crippen LogP contribution is 2.32. The lowest BCUT2D eigenvalue weighted by Gasteiger charge is -2.12. The van der Waals surface area contributed by atoms with Gasteiger partial charge in [-0.25, -0.2) is 4.98 Å². The van der Waals surface area contributed by atoms with Crippen LogP contribution in [0.3, 0.4) is 0 Å². The van der Waals surface area contributed by atoms with Gasteiger partial charge in [0, 0.05) is 23.7 Å². The Morgan fingerprint density at radius 3 is 2.65 bits per heavy atom. The predicted octanol–water partition coefficient (Wildman–Crippen LogP) is 3.03. The maximum atomic E-state index is 13.1. The van der Waals surface area contributed by atoms with Gasteiger partial charge in [0.25, 0.3) is 11.8 Å². The van der Waals surface area contributed by atoms with E-state index in [1.165, 1.54) is 0 Å². The molecular formula is C24H25N7O3. The van der Waals surface area contributed by atoms with Gasteiger partial charge in [-0.05, 0) is 38.1 Å². The van der Waals surface area contributed by atoms with E-state index < -0.39 is 0 Å². The van der Waals surface area contributed by atoms with Gasteiger partial charge in [-0.3, -0.25) is 24.0 Å². The lowest BCUT2D eigenvalue weighted by atomic mass is 10.1. The van der Waals surface area contributed by atoms with Gasteiger partial charge < -0.3 is 9.47 Å². The topological polar surface area (TPSA) is 100 Å². The average molecular weight is 460 g/mol. The molecule has 0 aliphatic carbocycles. The number of carbonyl (C=O) groups is 1. The molecule has 5 rings (SSSR count). The lowest BCUT2D eigenvalue weighted by Crippen LogP contribution is -2.22. The van der Waals surface area contributed by atoms with Crippen molar-refractivity contribution >= 4 is 11.6 Å². The molecule has 0 atom stereocenters. The zero-order valence-electron chi connectivity index (χ0n) is 19.5. The van der Waals surface area contributed by atoms with Crippen LogP contribution in [0.15, 0.2) is 42.9 Å². The smallest absolute Gasteiger partial charge is 0.260 e. The number of hydrogen-bond donors (Lipinski definition) is 0. The molecule has 1 aliphatic heterocycles. The molecular weight excluding hydrogens is 434 g/mol. The first-order chi connectivity index (χ1) is 16.5. The van der Waals surface area contributed by atoms with Crippen LogP contribution >= 0.6 is 0 Å². The van der Waals surface area contributed by atoms with Crippen molar-refractivity contribution in [2.75, 3.05) is 19.1 Å². The fourth-order valence-electron chi connectivity index (χ4n) is 4.14. The van der Waals surface area contributed by atoms with Crippen molar-refractivity contribution in [2.45, 2.75) is 33.5 Å². The van der Waals surface area contributed by atoms with E-state index >= 15 is 0 Å². The fraction of sp³-hybridized carbons (Fsp3) is 0.292. The minimum Gasteiger partial charge on any atom is -0.491 e. The van der Waals surface area contributed by atoms with E-state index in [1.807, 2.05) is 53.7 Å². The van der Waals surface area contributed by atoms with Crippen LogP contribution in [0.4, 0.5) is 5.69 Å². The summed E-state index contributed by atoms with van der Waals surface area (Å²) in [5.41, 5.74) is 5.65. The Kier molecular flexibility index (Phi) is 5.48. The predicted molar refractivity (Wildman–Crippen MR) is 125 cm³/mol. The SMILES string of the molecule is COc1cc(-c2ccc3c(n2)CN(c2cnn(CCn4nc(C)cc4C)c2)C3=O)cnc1OC. The van der Waals surface area contributed by atoms with E-state index in [2.05, 4.69) is 15.2 Å². The summed E-state index contributed by atoms with van der Waals surface area (Å²) in [5, 5.41) is 8.92. The minimum atomic E-state index is -0.0856. The van der Waals surface area contributed by atoms with Crippen LogP contribution in [-0.2, 0) is 19.6 Å². The number of rotatable bonds is 7. The second-order valence-electron chi connectivity index (χ2n) is 8.13. The first-order valence-electron chi connectivity index (χ1n) is 10.9. The minimum absolute atomic E-state index is 0.0856. The molecule has 0 fully saturated rings. The molecule has 0 aromatic carbocycles. The van der Waals surface area contributed by atoms with Crippen molar-refractivity contribution in [2.24, 2.45) is 0 Å². The summed E-state index contributed by atoms with van der Waals surface area (Å²) >= 11 is 0. The zero-order valence-corrected chi connectivity index (χ0v) is 19.5. The Balaban J connectivity index is 1.33. The molecule has 0 radical (unpaired) electrons. The molecule has 4 aromatic rings. The number of anilines is 1. The molecule has 4 aromatic heterocycles. The lowest BCUT2D eigenvalue weighted by molar-refractivity contribution is 0.0996. The van der Waals surface area contributed by atoms with E-state index in [-0.39, 0.29) is 5.91 Å².